The molecule has 0 aromatic rings. The molecule has 0 amide bonds. The van der Waals surface area contributed by atoms with Crippen molar-refractivity contribution in [2.24, 2.45) is 0 Å². The monoisotopic (exact) mass is 312 g/mol. The molecule has 1 unspecified atom stereocenters. The Bertz CT molecular complexity index is 352. The molecule has 0 heterocycles. The van der Waals surface area contributed by atoms with E-state index in [-0.39, 0.29) is 19.6 Å². The third-order valence-corrected chi connectivity index (χ3v) is 4.78. The highest BCUT2D eigenvalue weighted by Crippen LogP contribution is 2.55. The van der Waals surface area contributed by atoms with Gasteiger partial charge in [-0.3, -0.25) is 13.6 Å². The van der Waals surface area contributed by atoms with E-state index in [1.807, 2.05) is 0 Å². The zero-order chi connectivity index (χ0) is 15.1. The lowest BCUT2D eigenvalue weighted by molar-refractivity contribution is -0.0714. The van der Waals surface area contributed by atoms with E-state index in [4.69, 9.17) is 13.6 Å². The Kier molecular flexibility index (Phi) is 7.30. The van der Waals surface area contributed by atoms with E-state index in [0.29, 0.717) is 12.8 Å². The minimum Gasteiger partial charge on any atom is -0.287 e. The summed E-state index contributed by atoms with van der Waals surface area (Å²) in [6, 6.07) is 0. The molecule has 1 aliphatic rings. The molecule has 118 valence electrons. The molecule has 0 aliphatic heterocycles. The van der Waals surface area contributed by atoms with Gasteiger partial charge in [-0.15, -0.1) is 0 Å². The van der Waals surface area contributed by atoms with Crippen LogP contribution in [0.1, 0.15) is 46.0 Å². The summed E-state index contributed by atoms with van der Waals surface area (Å²) in [4.78, 5) is 0. The van der Waals surface area contributed by atoms with Crippen molar-refractivity contribution in [3.05, 3.63) is 12.2 Å². The Balaban J connectivity index is 2.98. The van der Waals surface area contributed by atoms with Crippen LogP contribution < -0.4 is 0 Å². The molecule has 4 nitrogen and oxygen atoms in total. The molecule has 0 saturated carbocycles. The van der Waals surface area contributed by atoms with E-state index in [9.17, 15) is 13.3 Å². The van der Waals surface area contributed by atoms with Crippen LogP contribution in [0.5, 0.6) is 0 Å². The SMILES string of the molecule is CCOP(=O)(OCC)OC1(C(F)F)/C=C\CCCCC1. The van der Waals surface area contributed by atoms with Gasteiger partial charge in [-0.2, -0.15) is 0 Å². The number of alkyl halides is 2. The molecule has 0 radical (unpaired) electrons. The zero-order valence-electron chi connectivity index (χ0n) is 12.0. The van der Waals surface area contributed by atoms with Crippen LogP contribution in [0.4, 0.5) is 8.78 Å². The Labute approximate surface area is 119 Å². The largest absolute Gasteiger partial charge is 0.475 e. The molecule has 0 bridgehead atoms. The van der Waals surface area contributed by atoms with E-state index < -0.39 is 19.8 Å². The van der Waals surface area contributed by atoms with Crippen LogP contribution in [-0.4, -0.2) is 25.2 Å². The van der Waals surface area contributed by atoms with Gasteiger partial charge in [0, 0.05) is 0 Å². The van der Waals surface area contributed by atoms with Crippen LogP contribution in [0.25, 0.3) is 0 Å². The predicted molar refractivity (Wildman–Crippen MR) is 72.9 cm³/mol. The number of halogens is 2. The van der Waals surface area contributed by atoms with Gasteiger partial charge in [-0.1, -0.05) is 18.6 Å². The molecule has 1 rings (SSSR count). The maximum Gasteiger partial charge on any atom is 0.475 e. The minimum atomic E-state index is -3.97. The summed E-state index contributed by atoms with van der Waals surface area (Å²) in [5.41, 5.74) is -1.89. The first-order valence-corrected chi connectivity index (χ1v) is 8.50. The van der Waals surface area contributed by atoms with Crippen molar-refractivity contribution in [2.45, 2.75) is 58.0 Å². The zero-order valence-corrected chi connectivity index (χ0v) is 12.9. The average molecular weight is 312 g/mol. The smallest absolute Gasteiger partial charge is 0.287 e. The Morgan fingerprint density at radius 3 is 2.40 bits per heavy atom. The highest BCUT2D eigenvalue weighted by atomic mass is 31.2. The number of phosphoric acid groups is 1. The molecule has 0 aromatic heterocycles. The van der Waals surface area contributed by atoms with Crippen molar-refractivity contribution in [2.75, 3.05) is 13.2 Å². The third kappa shape index (κ3) is 4.92. The fraction of sp³-hybridized carbons (Fsp3) is 0.846. The van der Waals surface area contributed by atoms with Crippen molar-refractivity contribution in [3.8, 4) is 0 Å². The first kappa shape index (κ1) is 17.8. The van der Waals surface area contributed by atoms with Crippen LogP contribution in [0.15, 0.2) is 12.2 Å². The van der Waals surface area contributed by atoms with Crippen LogP contribution in [0.3, 0.4) is 0 Å². The van der Waals surface area contributed by atoms with Crippen molar-refractivity contribution >= 4 is 7.82 Å². The van der Waals surface area contributed by atoms with E-state index in [1.165, 1.54) is 6.08 Å². The van der Waals surface area contributed by atoms with Crippen LogP contribution in [-0.2, 0) is 18.1 Å². The van der Waals surface area contributed by atoms with Crippen molar-refractivity contribution in [1.82, 2.24) is 0 Å². The quantitative estimate of drug-likeness (QED) is 0.504. The van der Waals surface area contributed by atoms with Gasteiger partial charge in [0.15, 0.2) is 5.60 Å². The Morgan fingerprint density at radius 1 is 1.20 bits per heavy atom. The minimum absolute atomic E-state index is 0.0698. The second kappa shape index (κ2) is 8.23. The maximum atomic E-state index is 13.5. The predicted octanol–water partition coefficient (Wildman–Crippen LogP) is 4.71. The second-order valence-electron chi connectivity index (χ2n) is 4.63. The normalized spacial score (nSPS) is 26.2. The number of rotatable bonds is 7. The standard InChI is InChI=1S/C13H23F2O4P/c1-3-17-20(16,18-4-2)19-13(12(14)15)10-8-6-5-7-9-11-13/h8,10,12H,3-7,9,11H2,1-2H3/b10-8-. The highest BCUT2D eigenvalue weighted by molar-refractivity contribution is 7.48. The summed E-state index contributed by atoms with van der Waals surface area (Å²) in [5.74, 6) is 0. The molecular formula is C13H23F2O4P. The van der Waals surface area contributed by atoms with Gasteiger partial charge >= 0.3 is 7.82 Å². The number of phosphoric ester groups is 1. The average Bonchev–Trinajstić information content (AvgIpc) is 2.33. The van der Waals surface area contributed by atoms with E-state index in [2.05, 4.69) is 0 Å². The molecule has 1 aliphatic carbocycles. The van der Waals surface area contributed by atoms with Crippen LogP contribution >= 0.6 is 7.82 Å². The van der Waals surface area contributed by atoms with E-state index in [0.717, 1.165) is 12.8 Å². The lowest BCUT2D eigenvalue weighted by Gasteiger charge is -2.33. The molecule has 0 N–H and O–H groups in total. The van der Waals surface area contributed by atoms with Gasteiger partial charge < -0.3 is 0 Å². The molecule has 0 saturated heterocycles. The maximum absolute atomic E-state index is 13.5. The van der Waals surface area contributed by atoms with Gasteiger partial charge in [0.25, 0.3) is 6.43 Å². The Morgan fingerprint density at radius 2 is 1.85 bits per heavy atom. The van der Waals surface area contributed by atoms with Crippen molar-refractivity contribution < 1.29 is 26.9 Å². The van der Waals surface area contributed by atoms with E-state index >= 15 is 0 Å². The summed E-state index contributed by atoms with van der Waals surface area (Å²) in [6.07, 6.45) is 3.41. The fourth-order valence-electron chi connectivity index (χ4n) is 2.12. The molecule has 20 heavy (non-hydrogen) atoms. The lowest BCUT2D eigenvalue weighted by atomic mass is 9.93. The van der Waals surface area contributed by atoms with Crippen molar-refractivity contribution in [1.29, 1.82) is 0 Å². The van der Waals surface area contributed by atoms with Gasteiger partial charge in [0.05, 0.1) is 13.2 Å². The number of hydrogen-bond donors (Lipinski definition) is 0. The van der Waals surface area contributed by atoms with Gasteiger partial charge in [0.1, 0.15) is 0 Å². The Hall–Kier alpha value is -0.290. The number of allylic oxidation sites excluding steroid dienone is 1. The summed E-state index contributed by atoms with van der Waals surface area (Å²) in [7, 11) is -3.97. The van der Waals surface area contributed by atoms with Gasteiger partial charge in [-0.25, -0.2) is 13.3 Å². The summed E-state index contributed by atoms with van der Waals surface area (Å²) in [5, 5.41) is 0. The first-order chi connectivity index (χ1) is 9.48. The molecule has 0 aromatic carbocycles. The summed E-state index contributed by atoms with van der Waals surface area (Å²) >= 11 is 0. The van der Waals surface area contributed by atoms with Crippen LogP contribution in [0, 0.1) is 0 Å². The number of hydrogen-bond acceptors (Lipinski definition) is 4. The third-order valence-electron chi connectivity index (χ3n) is 3.06. The van der Waals surface area contributed by atoms with Crippen molar-refractivity contribution in [3.63, 3.8) is 0 Å². The van der Waals surface area contributed by atoms with E-state index in [1.54, 1.807) is 19.9 Å². The summed E-state index contributed by atoms with van der Waals surface area (Å²) < 4.78 is 54.5. The molecule has 1 atom stereocenters. The molecule has 0 spiro atoms. The topological polar surface area (TPSA) is 44.8 Å². The lowest BCUT2D eigenvalue weighted by Crippen LogP contribution is -2.38. The molecular weight excluding hydrogens is 289 g/mol. The van der Waals surface area contributed by atoms with Crippen LogP contribution in [0.2, 0.25) is 0 Å². The molecule has 7 heteroatoms. The second-order valence-corrected chi connectivity index (χ2v) is 6.22. The van der Waals surface area contributed by atoms with Gasteiger partial charge in [-0.05, 0) is 39.5 Å². The summed E-state index contributed by atoms with van der Waals surface area (Å²) in [6.45, 7) is 3.36. The highest BCUT2D eigenvalue weighted by Gasteiger charge is 2.46. The van der Waals surface area contributed by atoms with Gasteiger partial charge in [0.2, 0.25) is 0 Å². The fourth-order valence-corrected chi connectivity index (χ4v) is 3.58. The molecule has 0 fully saturated rings. The first-order valence-electron chi connectivity index (χ1n) is 7.03.